The summed E-state index contributed by atoms with van der Waals surface area (Å²) in [6, 6.07) is 4.81. The van der Waals surface area contributed by atoms with Gasteiger partial charge in [-0.25, -0.2) is 0 Å². The lowest BCUT2D eigenvalue weighted by Crippen LogP contribution is -2.00. The van der Waals surface area contributed by atoms with E-state index in [0.717, 1.165) is 6.42 Å². The molecule has 0 unspecified atom stereocenters. The van der Waals surface area contributed by atoms with Crippen LogP contribution in [0.3, 0.4) is 0 Å². The average Bonchev–Trinajstić information content (AvgIpc) is 2.96. The Bertz CT molecular complexity index is 587. The van der Waals surface area contributed by atoms with Crippen molar-refractivity contribution in [2.75, 3.05) is 0 Å². The molecule has 0 aromatic carbocycles. The summed E-state index contributed by atoms with van der Waals surface area (Å²) in [5.41, 5.74) is 4.22. The second-order valence-electron chi connectivity index (χ2n) is 12.9. The van der Waals surface area contributed by atoms with Crippen LogP contribution in [0.25, 0.3) is 0 Å². The standard InChI is InChI=1S/C39H72N/c1-4-7-10-12-14-16-18-20-22-24-26-28-30-33-38-35-37(32-9-6-3)36-39(40-38)34-31-29-27-25-23-21-19-17-15-13-11-8-5-2/h35-36H,3-34H2,1-2H3. The fraction of sp³-hybridized carbons (Fsp3) is 0.846. The number of nitrogens with zero attached hydrogens (tertiary/aromatic N) is 1. The average molecular weight is 555 g/mol. The number of unbranched alkanes of at least 4 members (excludes halogenated alkanes) is 25. The minimum atomic E-state index is 1.03. The Labute approximate surface area is 253 Å². The molecule has 1 rings (SSSR count). The maximum Gasteiger partial charge on any atom is 0.0409 e. The van der Waals surface area contributed by atoms with Crippen LogP contribution in [0.2, 0.25) is 0 Å². The lowest BCUT2D eigenvalue weighted by atomic mass is 10.0. The van der Waals surface area contributed by atoms with E-state index in [0.29, 0.717) is 0 Å². The zero-order valence-electron chi connectivity index (χ0n) is 27.7. The summed E-state index contributed by atoms with van der Waals surface area (Å²) in [6.07, 6.45) is 42.7. The van der Waals surface area contributed by atoms with Crippen LogP contribution >= 0.6 is 0 Å². The topological polar surface area (TPSA) is 12.9 Å². The molecule has 1 heteroatoms. The van der Waals surface area contributed by atoms with E-state index < -0.39 is 0 Å². The van der Waals surface area contributed by atoms with Crippen LogP contribution < -0.4 is 0 Å². The van der Waals surface area contributed by atoms with E-state index in [-0.39, 0.29) is 0 Å². The van der Waals surface area contributed by atoms with Crippen molar-refractivity contribution in [3.63, 3.8) is 0 Å². The smallest absolute Gasteiger partial charge is 0.0409 e. The summed E-state index contributed by atoms with van der Waals surface area (Å²) < 4.78 is 0. The first kappa shape index (κ1) is 37.2. The second-order valence-corrected chi connectivity index (χ2v) is 12.9. The number of hydrogen-bond donors (Lipinski definition) is 0. The van der Waals surface area contributed by atoms with E-state index in [1.807, 2.05) is 0 Å². The Morgan fingerprint density at radius 3 is 1.00 bits per heavy atom. The van der Waals surface area contributed by atoms with Gasteiger partial charge in [0, 0.05) is 11.4 Å². The number of pyridine rings is 1. The van der Waals surface area contributed by atoms with Crippen molar-refractivity contribution in [2.45, 2.75) is 213 Å². The van der Waals surface area contributed by atoms with E-state index in [9.17, 15) is 0 Å². The molecule has 1 nitrogen and oxygen atoms in total. The highest BCUT2D eigenvalue weighted by molar-refractivity contribution is 5.22. The highest BCUT2D eigenvalue weighted by Crippen LogP contribution is 2.17. The molecule has 1 aromatic heterocycles. The van der Waals surface area contributed by atoms with Crippen LogP contribution in [0.15, 0.2) is 12.1 Å². The predicted octanol–water partition coefficient (Wildman–Crippen LogP) is 13.5. The molecule has 0 saturated heterocycles. The molecule has 233 valence electrons. The Hall–Kier alpha value is -0.850. The van der Waals surface area contributed by atoms with Gasteiger partial charge in [-0.15, -0.1) is 0 Å². The molecule has 0 aliphatic rings. The lowest BCUT2D eigenvalue weighted by Gasteiger charge is -2.10. The number of aryl methyl sites for hydroxylation is 3. The van der Waals surface area contributed by atoms with Gasteiger partial charge in [-0.1, -0.05) is 181 Å². The van der Waals surface area contributed by atoms with Crippen molar-refractivity contribution in [3.05, 3.63) is 36.0 Å². The van der Waals surface area contributed by atoms with Gasteiger partial charge in [0.15, 0.2) is 0 Å². The Morgan fingerprint density at radius 2 is 0.700 bits per heavy atom. The fourth-order valence-electron chi connectivity index (χ4n) is 6.10. The molecule has 0 fully saturated rings. The van der Waals surface area contributed by atoms with E-state index in [4.69, 9.17) is 4.98 Å². The summed E-state index contributed by atoms with van der Waals surface area (Å²) in [4.78, 5) is 5.11. The third-order valence-corrected chi connectivity index (χ3v) is 8.78. The molecule has 1 aromatic rings. The lowest BCUT2D eigenvalue weighted by molar-refractivity contribution is 0.537. The molecule has 0 amide bonds. The van der Waals surface area contributed by atoms with Gasteiger partial charge in [-0.05, 0) is 56.2 Å². The maximum absolute atomic E-state index is 5.11. The molecule has 0 spiro atoms. The highest BCUT2D eigenvalue weighted by Gasteiger charge is 2.05. The summed E-state index contributed by atoms with van der Waals surface area (Å²) in [7, 11) is 0. The van der Waals surface area contributed by atoms with Crippen LogP contribution in [0, 0.1) is 6.92 Å². The van der Waals surface area contributed by atoms with E-state index >= 15 is 0 Å². The van der Waals surface area contributed by atoms with Crippen LogP contribution in [0.4, 0.5) is 0 Å². The Morgan fingerprint density at radius 1 is 0.400 bits per heavy atom. The summed E-state index contributed by atoms with van der Waals surface area (Å²) in [5, 5.41) is 0. The third kappa shape index (κ3) is 23.8. The van der Waals surface area contributed by atoms with Gasteiger partial charge in [0.1, 0.15) is 0 Å². The van der Waals surface area contributed by atoms with Crippen molar-refractivity contribution < 1.29 is 0 Å². The molecule has 1 heterocycles. The molecular formula is C39H72N. The number of rotatable bonds is 31. The predicted molar refractivity (Wildman–Crippen MR) is 181 cm³/mol. The Kier molecular flexibility index (Phi) is 27.5. The molecule has 0 atom stereocenters. The molecule has 40 heavy (non-hydrogen) atoms. The molecule has 0 aliphatic carbocycles. The number of aromatic nitrogens is 1. The van der Waals surface area contributed by atoms with Gasteiger partial charge < -0.3 is 0 Å². The minimum Gasteiger partial charge on any atom is -0.258 e. The van der Waals surface area contributed by atoms with Gasteiger partial charge in [0.25, 0.3) is 0 Å². The van der Waals surface area contributed by atoms with Gasteiger partial charge in [-0.3, -0.25) is 4.98 Å². The molecule has 0 saturated carbocycles. The van der Waals surface area contributed by atoms with Gasteiger partial charge >= 0.3 is 0 Å². The quantitative estimate of drug-likeness (QED) is 0.0831. The highest BCUT2D eigenvalue weighted by atomic mass is 14.7. The SMILES string of the molecule is [CH2]CCCc1cc(CCCCCCCCCCCCCCC)nc(CCCCCCCCCCCCCCC)c1. The van der Waals surface area contributed by atoms with Crippen molar-refractivity contribution in [1.29, 1.82) is 0 Å². The monoisotopic (exact) mass is 555 g/mol. The van der Waals surface area contributed by atoms with E-state index in [1.165, 1.54) is 210 Å². The minimum absolute atomic E-state index is 1.03. The van der Waals surface area contributed by atoms with Crippen molar-refractivity contribution in [2.24, 2.45) is 0 Å². The van der Waals surface area contributed by atoms with Crippen LogP contribution in [-0.4, -0.2) is 4.98 Å². The maximum atomic E-state index is 5.11. The number of hydrogen-bond acceptors (Lipinski definition) is 1. The van der Waals surface area contributed by atoms with Gasteiger partial charge in [0.05, 0.1) is 0 Å². The molecular weight excluding hydrogens is 482 g/mol. The first-order valence-corrected chi connectivity index (χ1v) is 18.6. The summed E-state index contributed by atoms with van der Waals surface area (Å²) >= 11 is 0. The van der Waals surface area contributed by atoms with E-state index in [2.05, 4.69) is 32.9 Å². The summed E-state index contributed by atoms with van der Waals surface area (Å²) in [5.74, 6) is 0. The first-order chi connectivity index (χ1) is 19.8. The van der Waals surface area contributed by atoms with Crippen LogP contribution in [0.1, 0.15) is 211 Å². The first-order valence-electron chi connectivity index (χ1n) is 18.6. The molecule has 0 bridgehead atoms. The zero-order valence-corrected chi connectivity index (χ0v) is 27.7. The third-order valence-electron chi connectivity index (χ3n) is 8.78. The van der Waals surface area contributed by atoms with Gasteiger partial charge in [-0.2, -0.15) is 0 Å². The largest absolute Gasteiger partial charge is 0.258 e. The van der Waals surface area contributed by atoms with Crippen molar-refractivity contribution in [3.8, 4) is 0 Å². The van der Waals surface area contributed by atoms with Crippen LogP contribution in [-0.2, 0) is 19.3 Å². The Balaban J connectivity index is 2.14. The van der Waals surface area contributed by atoms with Gasteiger partial charge in [0.2, 0.25) is 0 Å². The molecule has 0 N–H and O–H groups in total. The van der Waals surface area contributed by atoms with E-state index in [1.54, 1.807) is 0 Å². The molecule has 0 aliphatic heterocycles. The zero-order chi connectivity index (χ0) is 28.8. The second kappa shape index (κ2) is 29.6. The fourth-order valence-corrected chi connectivity index (χ4v) is 6.10. The summed E-state index contributed by atoms with van der Waals surface area (Å²) in [6.45, 7) is 8.67. The van der Waals surface area contributed by atoms with Crippen LogP contribution in [0.5, 0.6) is 0 Å². The normalized spacial score (nSPS) is 11.5. The van der Waals surface area contributed by atoms with Crippen molar-refractivity contribution in [1.82, 2.24) is 4.98 Å². The van der Waals surface area contributed by atoms with Crippen molar-refractivity contribution >= 4 is 0 Å². The molecule has 1 radical (unpaired) electrons.